The van der Waals surface area contributed by atoms with Crippen LogP contribution in [0.2, 0.25) is 10.0 Å². The molecule has 0 spiro atoms. The number of amides is 1. The molecule has 3 aromatic carbocycles. The van der Waals surface area contributed by atoms with Crippen LogP contribution in [0.15, 0.2) is 59.8 Å². The molecule has 1 amide bonds. The molecule has 186 valence electrons. The van der Waals surface area contributed by atoms with E-state index in [0.29, 0.717) is 26.6 Å². The second kappa shape index (κ2) is 11.5. The average molecular weight is 543 g/mol. The highest BCUT2D eigenvalue weighted by Gasteiger charge is 2.22. The van der Waals surface area contributed by atoms with Crippen LogP contribution in [0.4, 0.5) is 10.1 Å². The number of hydrogen-bond acceptors (Lipinski definition) is 4. The fraction of sp³-hybridized carbons (Fsp3) is 0.222. The van der Waals surface area contributed by atoms with Crippen molar-refractivity contribution >= 4 is 46.6 Å². The van der Waals surface area contributed by atoms with E-state index in [9.17, 15) is 9.18 Å². The summed E-state index contributed by atoms with van der Waals surface area (Å²) in [7, 11) is 0. The monoisotopic (exact) mass is 542 g/mol. The first kappa shape index (κ1) is 26.2. The van der Waals surface area contributed by atoms with Crippen LogP contribution in [0, 0.1) is 12.7 Å². The number of thioether (sulfide) groups is 1. The van der Waals surface area contributed by atoms with E-state index in [0.717, 1.165) is 35.2 Å². The number of carbonyl (C=O) groups excluding carboxylic acids is 1. The van der Waals surface area contributed by atoms with E-state index in [1.165, 1.54) is 17.8 Å². The summed E-state index contributed by atoms with van der Waals surface area (Å²) in [6, 6.07) is 16.1. The van der Waals surface area contributed by atoms with Crippen molar-refractivity contribution in [3.05, 3.63) is 87.2 Å². The van der Waals surface area contributed by atoms with Gasteiger partial charge in [0.2, 0.25) is 5.91 Å². The highest BCUT2D eigenvalue weighted by atomic mass is 35.5. The zero-order chi connectivity index (χ0) is 25.8. The van der Waals surface area contributed by atoms with Crippen molar-refractivity contribution in [3.8, 4) is 17.1 Å². The predicted octanol–water partition coefficient (Wildman–Crippen LogP) is 7.54. The van der Waals surface area contributed by atoms with Crippen molar-refractivity contribution in [2.24, 2.45) is 0 Å². The average Bonchev–Trinajstić information content (AvgIpc) is 3.27. The first-order valence-electron chi connectivity index (χ1n) is 11.5. The van der Waals surface area contributed by atoms with Gasteiger partial charge < -0.3 is 5.32 Å². The molecule has 0 saturated heterocycles. The molecule has 0 aliphatic rings. The van der Waals surface area contributed by atoms with Crippen LogP contribution >= 0.6 is 35.0 Å². The Bertz CT molecular complexity index is 1400. The van der Waals surface area contributed by atoms with Gasteiger partial charge in [-0.2, -0.15) is 0 Å². The van der Waals surface area contributed by atoms with E-state index in [2.05, 4.69) is 41.5 Å². The number of aromatic nitrogens is 3. The minimum atomic E-state index is -0.472. The lowest BCUT2D eigenvalue weighted by molar-refractivity contribution is -0.113. The number of halogens is 3. The van der Waals surface area contributed by atoms with Crippen LogP contribution in [-0.2, 0) is 17.6 Å². The molecule has 1 heterocycles. The fourth-order valence-corrected chi connectivity index (χ4v) is 5.18. The lowest BCUT2D eigenvalue weighted by Gasteiger charge is -2.18. The van der Waals surface area contributed by atoms with Crippen LogP contribution in [0.3, 0.4) is 0 Å². The SMILES string of the molecule is CCc1cccc(CC)c1-n1c(SCC(=O)Nc2ccc(C)cc2F)nnc1-c1ccc(Cl)cc1Cl. The molecule has 0 fully saturated rings. The van der Waals surface area contributed by atoms with E-state index < -0.39 is 5.82 Å². The highest BCUT2D eigenvalue weighted by molar-refractivity contribution is 7.99. The van der Waals surface area contributed by atoms with Gasteiger partial charge in [-0.15, -0.1) is 10.2 Å². The molecule has 4 rings (SSSR count). The van der Waals surface area contributed by atoms with Gasteiger partial charge in [-0.05, 0) is 66.8 Å². The number of para-hydroxylation sites is 1. The van der Waals surface area contributed by atoms with Crippen molar-refractivity contribution in [2.75, 3.05) is 11.1 Å². The zero-order valence-corrected chi connectivity index (χ0v) is 22.4. The van der Waals surface area contributed by atoms with Gasteiger partial charge in [-0.25, -0.2) is 4.39 Å². The minimum absolute atomic E-state index is 0.0234. The van der Waals surface area contributed by atoms with Crippen molar-refractivity contribution in [2.45, 2.75) is 38.8 Å². The summed E-state index contributed by atoms with van der Waals surface area (Å²) in [6.07, 6.45) is 1.60. The Morgan fingerprint density at radius 1 is 1.03 bits per heavy atom. The molecular weight excluding hydrogens is 518 g/mol. The van der Waals surface area contributed by atoms with Crippen molar-refractivity contribution < 1.29 is 9.18 Å². The van der Waals surface area contributed by atoms with Crippen LogP contribution in [0.5, 0.6) is 0 Å². The van der Waals surface area contributed by atoms with Crippen LogP contribution in [0.25, 0.3) is 17.1 Å². The Kier molecular flexibility index (Phi) is 8.34. The molecule has 1 aromatic heterocycles. The predicted molar refractivity (Wildman–Crippen MR) is 146 cm³/mol. The summed E-state index contributed by atoms with van der Waals surface area (Å²) < 4.78 is 16.2. The molecule has 0 saturated carbocycles. The standard InChI is InChI=1S/C27H25Cl2FN4OS/c1-4-17-7-6-8-18(5-2)25(17)34-26(20-11-10-19(28)14-21(20)29)32-33-27(34)36-15-24(35)31-23-12-9-16(3)13-22(23)30/h6-14H,4-5,15H2,1-3H3,(H,31,35). The Labute approximate surface area is 224 Å². The number of benzene rings is 3. The van der Waals surface area contributed by atoms with E-state index in [4.69, 9.17) is 23.2 Å². The van der Waals surface area contributed by atoms with Crippen LogP contribution < -0.4 is 5.32 Å². The van der Waals surface area contributed by atoms with Gasteiger partial charge in [0.25, 0.3) is 0 Å². The van der Waals surface area contributed by atoms with Gasteiger partial charge in [0.15, 0.2) is 11.0 Å². The first-order chi connectivity index (χ1) is 17.3. The number of carbonyl (C=O) groups is 1. The summed E-state index contributed by atoms with van der Waals surface area (Å²) in [5.41, 5.74) is 4.82. The van der Waals surface area contributed by atoms with Crippen LogP contribution in [0.1, 0.15) is 30.5 Å². The molecule has 1 N–H and O–H groups in total. The summed E-state index contributed by atoms with van der Waals surface area (Å²) in [4.78, 5) is 12.7. The molecular formula is C27H25Cl2FN4OS. The van der Waals surface area contributed by atoms with Crippen molar-refractivity contribution in [1.29, 1.82) is 0 Å². The number of nitrogens with zero attached hydrogens (tertiary/aromatic N) is 3. The van der Waals surface area contributed by atoms with E-state index in [1.54, 1.807) is 31.2 Å². The first-order valence-corrected chi connectivity index (χ1v) is 13.3. The Hall–Kier alpha value is -2.87. The molecule has 0 aliphatic carbocycles. The largest absolute Gasteiger partial charge is 0.323 e. The molecule has 0 bridgehead atoms. The molecule has 0 aliphatic heterocycles. The molecule has 9 heteroatoms. The Morgan fingerprint density at radius 2 is 1.75 bits per heavy atom. The summed E-state index contributed by atoms with van der Waals surface area (Å²) in [5, 5.41) is 13.0. The summed E-state index contributed by atoms with van der Waals surface area (Å²) in [5.74, 6) is -0.237. The maximum absolute atomic E-state index is 14.2. The van der Waals surface area contributed by atoms with E-state index in [1.807, 2.05) is 16.7 Å². The van der Waals surface area contributed by atoms with Crippen LogP contribution in [-0.4, -0.2) is 26.4 Å². The van der Waals surface area contributed by atoms with Gasteiger partial charge in [0.05, 0.1) is 22.2 Å². The Balaban J connectivity index is 1.74. The maximum Gasteiger partial charge on any atom is 0.234 e. The number of anilines is 1. The second-order valence-electron chi connectivity index (χ2n) is 8.22. The van der Waals surface area contributed by atoms with Gasteiger partial charge >= 0.3 is 0 Å². The topological polar surface area (TPSA) is 59.8 Å². The summed E-state index contributed by atoms with van der Waals surface area (Å²) in [6.45, 7) is 5.97. The quantitative estimate of drug-likeness (QED) is 0.233. The summed E-state index contributed by atoms with van der Waals surface area (Å²) >= 11 is 13.9. The Morgan fingerprint density at radius 3 is 2.39 bits per heavy atom. The third kappa shape index (κ3) is 5.59. The third-order valence-corrected chi connectivity index (χ3v) is 7.20. The molecule has 4 aromatic rings. The van der Waals surface area contributed by atoms with Gasteiger partial charge in [-0.3, -0.25) is 9.36 Å². The lowest BCUT2D eigenvalue weighted by Crippen LogP contribution is -2.16. The van der Waals surface area contributed by atoms with Gasteiger partial charge in [-0.1, -0.05) is 73.1 Å². The lowest BCUT2D eigenvalue weighted by atomic mass is 10.0. The van der Waals surface area contributed by atoms with Gasteiger partial charge in [0, 0.05) is 10.6 Å². The number of aryl methyl sites for hydroxylation is 3. The highest BCUT2D eigenvalue weighted by Crippen LogP contribution is 2.36. The number of hydrogen-bond donors (Lipinski definition) is 1. The molecule has 36 heavy (non-hydrogen) atoms. The minimum Gasteiger partial charge on any atom is -0.323 e. The number of nitrogens with one attached hydrogen (secondary N) is 1. The molecule has 0 unspecified atom stereocenters. The van der Waals surface area contributed by atoms with E-state index in [-0.39, 0.29) is 17.3 Å². The van der Waals surface area contributed by atoms with Gasteiger partial charge in [0.1, 0.15) is 5.82 Å². The molecule has 0 atom stereocenters. The zero-order valence-electron chi connectivity index (χ0n) is 20.1. The number of rotatable bonds is 8. The second-order valence-corrected chi connectivity index (χ2v) is 10.0. The molecule has 0 radical (unpaired) electrons. The molecule has 5 nitrogen and oxygen atoms in total. The maximum atomic E-state index is 14.2. The fourth-order valence-electron chi connectivity index (χ4n) is 3.95. The third-order valence-electron chi connectivity index (χ3n) is 5.72. The van der Waals surface area contributed by atoms with Crippen molar-refractivity contribution in [3.63, 3.8) is 0 Å². The smallest absolute Gasteiger partial charge is 0.234 e. The van der Waals surface area contributed by atoms with Crippen molar-refractivity contribution in [1.82, 2.24) is 14.8 Å². The van der Waals surface area contributed by atoms with E-state index >= 15 is 0 Å². The normalized spacial score (nSPS) is 11.1.